The number of carbonyl (C=O) groups is 4. The van der Waals surface area contributed by atoms with Crippen molar-refractivity contribution < 1.29 is 29.4 Å². The van der Waals surface area contributed by atoms with Crippen molar-refractivity contribution in [2.45, 2.75) is 62.9 Å². The van der Waals surface area contributed by atoms with Crippen LogP contribution in [0, 0.1) is 0 Å². The molecule has 0 fully saturated rings. The van der Waals surface area contributed by atoms with Crippen LogP contribution in [0.2, 0.25) is 0 Å². The lowest BCUT2D eigenvalue weighted by Crippen LogP contribution is -2.60. The van der Waals surface area contributed by atoms with Gasteiger partial charge in [-0.15, -0.1) is 0 Å². The number of para-hydroxylation sites is 1. The second-order valence-electron chi connectivity index (χ2n) is 10.5. The molecule has 0 aliphatic carbocycles. The Hall–Kier alpha value is -4.95. The molecule has 0 saturated carbocycles. The topological polar surface area (TPSA) is 251 Å². The summed E-state index contributed by atoms with van der Waals surface area (Å²) in [7, 11) is 0. The van der Waals surface area contributed by atoms with Crippen LogP contribution in [0.25, 0.3) is 10.9 Å². The smallest absolute Gasteiger partial charge is 0.326 e. The zero-order valence-corrected chi connectivity index (χ0v) is 24.4. The highest BCUT2D eigenvalue weighted by molar-refractivity contribution is 5.95. The first kappa shape index (κ1) is 33.6. The molecule has 236 valence electrons. The summed E-state index contributed by atoms with van der Waals surface area (Å²) in [6.07, 6.45) is 0.826. The van der Waals surface area contributed by atoms with E-state index in [0.29, 0.717) is 5.56 Å². The van der Waals surface area contributed by atoms with E-state index in [9.17, 15) is 29.4 Å². The van der Waals surface area contributed by atoms with Crippen molar-refractivity contribution in [3.63, 3.8) is 0 Å². The van der Waals surface area contributed by atoms with Crippen molar-refractivity contribution >= 4 is 40.6 Å². The normalized spacial score (nSPS) is 14.4. The number of benzene rings is 2. The zero-order valence-electron chi connectivity index (χ0n) is 24.4. The highest BCUT2D eigenvalue weighted by Crippen LogP contribution is 2.19. The summed E-state index contributed by atoms with van der Waals surface area (Å²) in [6, 6.07) is 11.4. The summed E-state index contributed by atoms with van der Waals surface area (Å²) >= 11 is 0. The number of rotatable bonds is 16. The van der Waals surface area contributed by atoms with Crippen molar-refractivity contribution in [1.82, 2.24) is 20.9 Å². The van der Waals surface area contributed by atoms with Crippen LogP contribution in [-0.4, -0.2) is 81.7 Å². The molecule has 0 radical (unpaired) electrons. The molecule has 0 saturated heterocycles. The lowest BCUT2D eigenvalue weighted by Gasteiger charge is -2.26. The predicted octanol–water partition coefficient (Wildman–Crippen LogP) is -0.746. The Morgan fingerprint density at radius 1 is 0.886 bits per heavy atom. The maximum absolute atomic E-state index is 13.5. The van der Waals surface area contributed by atoms with Crippen molar-refractivity contribution in [1.29, 1.82) is 0 Å². The molecule has 3 aromatic rings. The number of aliphatic imine (C=N–C) groups is 1. The highest BCUT2D eigenvalue weighted by Gasteiger charge is 2.33. The number of aromatic amines is 1. The molecule has 0 spiro atoms. The molecular formula is C30H40N8O6. The minimum atomic E-state index is -1.45. The van der Waals surface area contributed by atoms with Crippen LogP contribution >= 0.6 is 0 Å². The molecule has 1 heterocycles. The largest absolute Gasteiger partial charge is 0.480 e. The number of hydrogen-bond acceptors (Lipinski definition) is 7. The molecule has 14 heteroatoms. The van der Waals surface area contributed by atoms with Gasteiger partial charge < -0.3 is 48.3 Å². The van der Waals surface area contributed by atoms with Gasteiger partial charge in [0.05, 0.1) is 12.1 Å². The second-order valence-corrected chi connectivity index (χ2v) is 10.5. The van der Waals surface area contributed by atoms with Gasteiger partial charge in [0.15, 0.2) is 5.96 Å². The van der Waals surface area contributed by atoms with Gasteiger partial charge >= 0.3 is 5.97 Å². The molecule has 2 aromatic carbocycles. The van der Waals surface area contributed by atoms with Crippen molar-refractivity contribution in [2.24, 2.45) is 22.2 Å². The van der Waals surface area contributed by atoms with Crippen LogP contribution in [0.5, 0.6) is 0 Å². The van der Waals surface area contributed by atoms with E-state index < -0.39 is 54.0 Å². The standard InChI is InChI=1S/C30H40N8O6/c1-17(39)25(38-26(40)21(31)14-18-8-3-2-4-9-18)28(42)37-24(15-19-16-35-22-11-6-5-10-20(19)22)27(41)36-23(29(43)44)12-7-13-34-30(32)33/h2-6,8-11,16-17,21,23-25,35,39H,7,12-15,31H2,1H3,(H,36,41)(H,37,42)(H,38,40)(H,43,44)(H4,32,33,34). The van der Waals surface area contributed by atoms with Gasteiger partial charge in [0, 0.05) is 30.1 Å². The molecule has 5 atom stereocenters. The summed E-state index contributed by atoms with van der Waals surface area (Å²) in [5, 5.41) is 28.5. The number of amides is 3. The number of aromatic nitrogens is 1. The van der Waals surface area contributed by atoms with Crippen LogP contribution in [0.1, 0.15) is 30.9 Å². The molecule has 1 aromatic heterocycles. The molecule has 3 rings (SSSR count). The van der Waals surface area contributed by atoms with Crippen molar-refractivity contribution in [3.8, 4) is 0 Å². The molecule has 0 aliphatic rings. The van der Waals surface area contributed by atoms with Crippen LogP contribution in [-0.2, 0) is 32.0 Å². The lowest BCUT2D eigenvalue weighted by molar-refractivity contribution is -0.142. The zero-order chi connectivity index (χ0) is 32.2. The number of carboxylic acid groups (broad SMARTS) is 1. The van der Waals surface area contributed by atoms with E-state index in [2.05, 4.69) is 25.9 Å². The average Bonchev–Trinajstić information content (AvgIpc) is 3.39. The number of guanidine groups is 1. The number of nitrogens with one attached hydrogen (secondary N) is 4. The molecule has 12 N–H and O–H groups in total. The number of aliphatic hydroxyl groups excluding tert-OH is 1. The molecule has 44 heavy (non-hydrogen) atoms. The Bertz CT molecular complexity index is 1450. The molecule has 14 nitrogen and oxygen atoms in total. The van der Waals surface area contributed by atoms with E-state index in [4.69, 9.17) is 17.2 Å². The highest BCUT2D eigenvalue weighted by atomic mass is 16.4. The van der Waals surface area contributed by atoms with E-state index in [0.717, 1.165) is 16.5 Å². The Morgan fingerprint density at radius 2 is 1.55 bits per heavy atom. The van der Waals surface area contributed by atoms with Crippen LogP contribution in [0.3, 0.4) is 0 Å². The number of nitrogens with two attached hydrogens (primary N) is 3. The maximum atomic E-state index is 13.5. The molecule has 0 bridgehead atoms. The molecule has 0 aliphatic heterocycles. The number of aliphatic carboxylic acids is 1. The summed E-state index contributed by atoms with van der Waals surface area (Å²) in [5.41, 5.74) is 19.0. The number of fused-ring (bicyclic) bond motifs is 1. The third-order valence-electron chi connectivity index (χ3n) is 6.99. The number of nitrogens with zero attached hydrogens (tertiary/aromatic N) is 1. The first-order valence-corrected chi connectivity index (χ1v) is 14.2. The Morgan fingerprint density at radius 3 is 2.20 bits per heavy atom. The van der Waals surface area contributed by atoms with Gasteiger partial charge in [-0.05, 0) is 43.4 Å². The van der Waals surface area contributed by atoms with Gasteiger partial charge in [-0.25, -0.2) is 4.79 Å². The van der Waals surface area contributed by atoms with Gasteiger partial charge in [-0.1, -0.05) is 48.5 Å². The summed E-state index contributed by atoms with van der Waals surface area (Å²) in [6.45, 7) is 1.48. The van der Waals surface area contributed by atoms with E-state index in [1.54, 1.807) is 6.20 Å². The third kappa shape index (κ3) is 9.81. The van der Waals surface area contributed by atoms with Crippen LogP contribution in [0.15, 0.2) is 65.8 Å². The molecule has 3 amide bonds. The predicted molar refractivity (Wildman–Crippen MR) is 165 cm³/mol. The van der Waals surface area contributed by atoms with Gasteiger partial charge in [0.1, 0.15) is 18.1 Å². The number of aliphatic hydroxyl groups is 1. The van der Waals surface area contributed by atoms with Gasteiger partial charge in [0.2, 0.25) is 17.7 Å². The maximum Gasteiger partial charge on any atom is 0.326 e. The molecule has 5 unspecified atom stereocenters. The fourth-order valence-corrected chi connectivity index (χ4v) is 4.65. The summed E-state index contributed by atoms with van der Waals surface area (Å²) in [4.78, 5) is 58.7. The third-order valence-corrected chi connectivity index (χ3v) is 6.99. The van der Waals surface area contributed by atoms with E-state index in [1.807, 2.05) is 54.6 Å². The van der Waals surface area contributed by atoms with Gasteiger partial charge in [-0.2, -0.15) is 0 Å². The average molecular weight is 609 g/mol. The van der Waals surface area contributed by atoms with E-state index in [1.165, 1.54) is 6.92 Å². The number of carboxylic acids is 1. The number of carbonyl (C=O) groups excluding carboxylic acids is 3. The number of H-pyrrole nitrogens is 1. The first-order valence-electron chi connectivity index (χ1n) is 14.2. The van der Waals surface area contributed by atoms with E-state index in [-0.39, 0.29) is 38.2 Å². The monoisotopic (exact) mass is 608 g/mol. The van der Waals surface area contributed by atoms with Crippen LogP contribution < -0.4 is 33.2 Å². The van der Waals surface area contributed by atoms with Gasteiger partial charge in [0.25, 0.3) is 0 Å². The summed E-state index contributed by atoms with van der Waals surface area (Å²) in [5.74, 6) is -3.70. The Kier molecular flexibility index (Phi) is 12.2. The van der Waals surface area contributed by atoms with Crippen molar-refractivity contribution in [3.05, 3.63) is 71.9 Å². The second kappa shape index (κ2) is 16.0. The fraction of sp³-hybridized carbons (Fsp3) is 0.367. The minimum absolute atomic E-state index is 0.0179. The quantitative estimate of drug-likeness (QED) is 0.0563. The SMILES string of the molecule is CC(O)C(NC(=O)C(N)Cc1ccccc1)C(=O)NC(Cc1c[nH]c2ccccc12)C(=O)NC(CCCN=C(N)N)C(=O)O. The fourth-order valence-electron chi connectivity index (χ4n) is 4.65. The van der Waals surface area contributed by atoms with Crippen LogP contribution in [0.4, 0.5) is 0 Å². The lowest BCUT2D eigenvalue weighted by atomic mass is 10.0. The van der Waals surface area contributed by atoms with E-state index >= 15 is 0 Å². The van der Waals surface area contributed by atoms with Gasteiger partial charge in [-0.3, -0.25) is 19.4 Å². The molecular weight excluding hydrogens is 568 g/mol. The van der Waals surface area contributed by atoms with Crippen molar-refractivity contribution in [2.75, 3.05) is 6.54 Å². The number of hydrogen-bond donors (Lipinski definition) is 9. The summed E-state index contributed by atoms with van der Waals surface area (Å²) < 4.78 is 0. The first-order chi connectivity index (χ1) is 21.0. The minimum Gasteiger partial charge on any atom is -0.480 e. The Balaban J connectivity index is 1.78. The Labute approximate surface area is 254 Å².